The Morgan fingerprint density at radius 2 is 0.843 bits per heavy atom. The van der Waals surface area contributed by atoms with Gasteiger partial charge in [0.05, 0.1) is 44.5 Å². The SMILES string of the molecule is c1ccc(-c2cc(-n3c4ccccc4c4c3ccc3c5ccccc5n(-c5ccccc5)c34)cc(-n3c4ccccc4c4ccccc43)n2)cc1. The van der Waals surface area contributed by atoms with E-state index < -0.39 is 0 Å². The summed E-state index contributed by atoms with van der Waals surface area (Å²) in [5, 5.41) is 7.38. The number of nitrogens with zero attached hydrogens (tertiary/aromatic N) is 4. The minimum absolute atomic E-state index is 0.883. The van der Waals surface area contributed by atoms with E-state index in [0.717, 1.165) is 50.5 Å². The van der Waals surface area contributed by atoms with Gasteiger partial charge in [-0.2, -0.15) is 0 Å². The first-order chi connectivity index (χ1) is 25.3. The van der Waals surface area contributed by atoms with E-state index in [0.29, 0.717) is 0 Å². The lowest BCUT2D eigenvalue weighted by Crippen LogP contribution is -2.03. The molecule has 4 heteroatoms. The molecule has 11 rings (SSSR count). The van der Waals surface area contributed by atoms with Crippen LogP contribution in [0.1, 0.15) is 0 Å². The fourth-order valence-electron chi connectivity index (χ4n) is 8.30. The van der Waals surface area contributed by atoms with Gasteiger partial charge in [0, 0.05) is 49.6 Å². The Morgan fingerprint density at radius 3 is 1.49 bits per heavy atom. The molecule has 0 aliphatic rings. The summed E-state index contributed by atoms with van der Waals surface area (Å²) >= 11 is 0. The van der Waals surface area contributed by atoms with E-state index in [4.69, 9.17) is 4.98 Å². The van der Waals surface area contributed by atoms with Crippen LogP contribution >= 0.6 is 0 Å². The van der Waals surface area contributed by atoms with Crippen molar-refractivity contribution in [1.29, 1.82) is 0 Å². The average molecular weight is 651 g/mol. The highest BCUT2D eigenvalue weighted by molar-refractivity contribution is 6.26. The minimum atomic E-state index is 0.883. The van der Waals surface area contributed by atoms with Gasteiger partial charge in [-0.25, -0.2) is 4.98 Å². The second-order valence-corrected chi connectivity index (χ2v) is 13.2. The Morgan fingerprint density at radius 1 is 0.333 bits per heavy atom. The van der Waals surface area contributed by atoms with E-state index in [1.54, 1.807) is 0 Å². The van der Waals surface area contributed by atoms with E-state index in [-0.39, 0.29) is 0 Å². The third-order valence-electron chi connectivity index (χ3n) is 10.4. The molecule has 0 aliphatic carbocycles. The standard InChI is InChI=1S/C47H30N4/c1-3-15-31(16-4-1)39-29-33(30-45(48-39)51-41-24-12-7-19-34(41)35-20-8-13-25-42(35)51)49-43-26-14-10-22-38(43)46-44(49)28-27-37-36-21-9-11-23-40(36)50(47(37)46)32-17-5-2-6-18-32/h1-30H. The number of rotatable bonds is 4. The van der Waals surface area contributed by atoms with Gasteiger partial charge < -0.3 is 9.13 Å². The zero-order chi connectivity index (χ0) is 33.5. The fourth-order valence-corrected chi connectivity index (χ4v) is 8.30. The third kappa shape index (κ3) is 4.05. The van der Waals surface area contributed by atoms with Crippen LogP contribution < -0.4 is 0 Å². The monoisotopic (exact) mass is 650 g/mol. The molecule has 0 atom stereocenters. The summed E-state index contributed by atoms with van der Waals surface area (Å²) in [6.07, 6.45) is 0. The number of hydrogen-bond donors (Lipinski definition) is 0. The largest absolute Gasteiger partial charge is 0.309 e. The maximum Gasteiger partial charge on any atom is 0.140 e. The Bertz CT molecular complexity index is 3070. The van der Waals surface area contributed by atoms with E-state index in [2.05, 4.69) is 196 Å². The molecule has 0 aliphatic heterocycles. The van der Waals surface area contributed by atoms with Crippen LogP contribution in [0.25, 0.3) is 93.9 Å². The van der Waals surface area contributed by atoms with E-state index in [1.807, 2.05) is 0 Å². The third-order valence-corrected chi connectivity index (χ3v) is 10.4. The van der Waals surface area contributed by atoms with Crippen LogP contribution in [0.3, 0.4) is 0 Å². The summed E-state index contributed by atoms with van der Waals surface area (Å²) in [6, 6.07) is 65.3. The lowest BCUT2D eigenvalue weighted by Gasteiger charge is -2.15. The molecule has 4 nitrogen and oxygen atoms in total. The van der Waals surface area contributed by atoms with Gasteiger partial charge in [-0.05, 0) is 48.5 Å². The van der Waals surface area contributed by atoms with Gasteiger partial charge in [0.1, 0.15) is 5.82 Å². The molecule has 0 N–H and O–H groups in total. The summed E-state index contributed by atoms with van der Waals surface area (Å²) in [5.74, 6) is 0.883. The number of hydrogen-bond acceptors (Lipinski definition) is 1. The van der Waals surface area contributed by atoms with E-state index in [9.17, 15) is 0 Å². The zero-order valence-electron chi connectivity index (χ0n) is 27.6. The summed E-state index contributed by atoms with van der Waals surface area (Å²) in [7, 11) is 0. The Hall–Kier alpha value is -6.91. The number of aromatic nitrogens is 4. The van der Waals surface area contributed by atoms with Crippen LogP contribution in [0.15, 0.2) is 182 Å². The number of benzene rings is 7. The molecule has 0 spiro atoms. The van der Waals surface area contributed by atoms with Crippen molar-refractivity contribution in [1.82, 2.24) is 18.7 Å². The van der Waals surface area contributed by atoms with Gasteiger partial charge in [0.15, 0.2) is 0 Å². The maximum atomic E-state index is 5.39. The van der Waals surface area contributed by atoms with Gasteiger partial charge in [0.25, 0.3) is 0 Å². The number of fused-ring (bicyclic) bond motifs is 10. The summed E-state index contributed by atoms with van der Waals surface area (Å²) < 4.78 is 7.19. The first kappa shape index (κ1) is 28.0. The van der Waals surface area contributed by atoms with Crippen molar-refractivity contribution in [2.45, 2.75) is 0 Å². The molecule has 0 amide bonds. The van der Waals surface area contributed by atoms with Crippen molar-refractivity contribution < 1.29 is 0 Å². The normalized spacial score (nSPS) is 11.9. The Labute approximate surface area is 293 Å². The van der Waals surface area contributed by atoms with Crippen LogP contribution in [0, 0.1) is 0 Å². The van der Waals surface area contributed by atoms with Gasteiger partial charge in [-0.3, -0.25) is 4.57 Å². The molecular formula is C47H30N4. The molecule has 4 heterocycles. The number of pyridine rings is 1. The highest BCUT2D eigenvalue weighted by Gasteiger charge is 2.22. The van der Waals surface area contributed by atoms with Crippen molar-refractivity contribution in [2.75, 3.05) is 0 Å². The van der Waals surface area contributed by atoms with Crippen molar-refractivity contribution in [3.05, 3.63) is 182 Å². The second-order valence-electron chi connectivity index (χ2n) is 13.2. The molecular weight excluding hydrogens is 621 g/mol. The first-order valence-electron chi connectivity index (χ1n) is 17.4. The van der Waals surface area contributed by atoms with Crippen molar-refractivity contribution in [3.8, 4) is 28.5 Å². The van der Waals surface area contributed by atoms with E-state index in [1.165, 1.54) is 43.4 Å². The molecule has 7 aromatic carbocycles. The maximum absolute atomic E-state index is 5.39. The van der Waals surface area contributed by atoms with Crippen LogP contribution in [-0.2, 0) is 0 Å². The molecule has 0 unspecified atom stereocenters. The first-order valence-corrected chi connectivity index (χ1v) is 17.4. The topological polar surface area (TPSA) is 27.7 Å². The smallest absolute Gasteiger partial charge is 0.140 e. The van der Waals surface area contributed by atoms with Gasteiger partial charge in [-0.1, -0.05) is 127 Å². The fraction of sp³-hybridized carbons (Fsp3) is 0. The lowest BCUT2D eigenvalue weighted by molar-refractivity contribution is 1.06. The van der Waals surface area contributed by atoms with Gasteiger partial charge in [0.2, 0.25) is 0 Å². The molecule has 0 radical (unpaired) electrons. The molecule has 11 aromatic rings. The van der Waals surface area contributed by atoms with Gasteiger partial charge >= 0.3 is 0 Å². The predicted octanol–water partition coefficient (Wildman–Crippen LogP) is 12.0. The molecule has 0 saturated heterocycles. The minimum Gasteiger partial charge on any atom is -0.309 e. The number of para-hydroxylation sites is 5. The lowest BCUT2D eigenvalue weighted by atomic mass is 10.1. The molecule has 238 valence electrons. The average Bonchev–Trinajstić information content (AvgIpc) is 3.84. The molecule has 0 saturated carbocycles. The van der Waals surface area contributed by atoms with E-state index >= 15 is 0 Å². The predicted molar refractivity (Wildman–Crippen MR) is 213 cm³/mol. The van der Waals surface area contributed by atoms with Gasteiger partial charge in [-0.15, -0.1) is 0 Å². The molecule has 51 heavy (non-hydrogen) atoms. The van der Waals surface area contributed by atoms with Crippen LogP contribution in [0.2, 0.25) is 0 Å². The highest BCUT2D eigenvalue weighted by atomic mass is 15.1. The van der Waals surface area contributed by atoms with Crippen LogP contribution in [-0.4, -0.2) is 18.7 Å². The van der Waals surface area contributed by atoms with Crippen LogP contribution in [0.5, 0.6) is 0 Å². The summed E-state index contributed by atoms with van der Waals surface area (Å²) in [6.45, 7) is 0. The molecule has 0 fully saturated rings. The summed E-state index contributed by atoms with van der Waals surface area (Å²) in [5.41, 5.74) is 11.2. The van der Waals surface area contributed by atoms with Crippen molar-refractivity contribution in [3.63, 3.8) is 0 Å². The molecule has 0 bridgehead atoms. The second kappa shape index (κ2) is 10.8. The van der Waals surface area contributed by atoms with Crippen molar-refractivity contribution in [2.24, 2.45) is 0 Å². The highest BCUT2D eigenvalue weighted by Crippen LogP contribution is 2.42. The van der Waals surface area contributed by atoms with Crippen molar-refractivity contribution >= 4 is 65.4 Å². The Kier molecular flexibility index (Phi) is 5.92. The quantitative estimate of drug-likeness (QED) is 0.186. The molecule has 4 aromatic heterocycles. The Balaban J connectivity index is 1.29. The summed E-state index contributed by atoms with van der Waals surface area (Å²) in [4.78, 5) is 5.39. The van der Waals surface area contributed by atoms with Crippen LogP contribution in [0.4, 0.5) is 0 Å². The zero-order valence-corrected chi connectivity index (χ0v) is 27.6.